The molecule has 0 spiro atoms. The Hall–Kier alpha value is -1.11. The Kier molecular flexibility index (Phi) is 11.4. The molecular weight excluding hydrogens is 543 g/mol. The number of rotatable bonds is 7. The fraction of sp³-hybridized carbons (Fsp3) is 0.833. The second kappa shape index (κ2) is 13.0. The summed E-state index contributed by atoms with van der Waals surface area (Å²) in [7, 11) is 0. The van der Waals surface area contributed by atoms with E-state index < -0.39 is 110 Å². The topological polar surface area (TPSA) is 328 Å². The smallest absolute Gasteiger partial charge is 0.547 e. The Bertz CT molecular complexity index is 860. The van der Waals surface area contributed by atoms with Crippen LogP contribution in [0.5, 0.6) is 0 Å². The fourth-order valence-corrected chi connectivity index (χ4v) is 3.95. The van der Waals surface area contributed by atoms with E-state index in [0.717, 1.165) is 0 Å². The van der Waals surface area contributed by atoms with Crippen LogP contribution in [-0.4, -0.2) is 151 Å². The molecular formula is C18H23NaO19-2. The van der Waals surface area contributed by atoms with E-state index in [2.05, 4.69) is 4.74 Å². The van der Waals surface area contributed by atoms with Crippen LogP contribution in [-0.2, 0) is 38.1 Å². The minimum atomic E-state index is -2.43. The summed E-state index contributed by atoms with van der Waals surface area (Å²) >= 11 is 0. The molecule has 0 aromatic heterocycles. The normalized spacial score (nSPS) is 47.5. The largest absolute Gasteiger partial charge is 1.00 e. The number of aliphatic hydroxyl groups excluding tert-OH is 8. The van der Waals surface area contributed by atoms with Gasteiger partial charge in [-0.15, -0.1) is 0 Å². The molecule has 8 N–H and O–H groups in total. The van der Waals surface area contributed by atoms with E-state index in [4.69, 9.17) is 18.9 Å². The van der Waals surface area contributed by atoms with Crippen molar-refractivity contribution in [1.82, 2.24) is 0 Å². The van der Waals surface area contributed by atoms with Gasteiger partial charge >= 0.3 is 29.6 Å². The summed E-state index contributed by atoms with van der Waals surface area (Å²) in [4.78, 5) is 34.1. The van der Waals surface area contributed by atoms with Crippen LogP contribution in [0.15, 0.2) is 0 Å². The van der Waals surface area contributed by atoms with Crippen molar-refractivity contribution in [3.8, 4) is 0 Å². The average molecular weight is 566 g/mol. The summed E-state index contributed by atoms with van der Waals surface area (Å²) in [5.41, 5.74) is 0. The standard InChI is InChI=1S/C18H26O19.Na/c19-1-2(20)10(13(26)27)36-17(6(1)24)35-9-4(22)7(25)18(37-12(9)15(30)31)34-8-3(21)5(23)16(32)33-11(8)14(28)29;/h1-12,16-25,32H,(H,26,27)(H,28,29)(H,30,31);/q;+1/p-3/t1-,2+,3+,4+,5+,6+,7+,8+,9+,10-,11-,12-,16-,17-,18-;/m0./s1. The molecule has 3 heterocycles. The molecule has 0 aliphatic carbocycles. The van der Waals surface area contributed by atoms with Gasteiger partial charge in [-0.25, -0.2) is 0 Å². The van der Waals surface area contributed by atoms with Crippen LogP contribution in [0.25, 0.3) is 0 Å². The molecule has 0 saturated carbocycles. The molecule has 0 radical (unpaired) electrons. The first-order chi connectivity index (χ1) is 17.2. The van der Waals surface area contributed by atoms with E-state index in [0.29, 0.717) is 0 Å². The predicted molar refractivity (Wildman–Crippen MR) is 95.0 cm³/mol. The molecule has 0 unspecified atom stereocenters. The Morgan fingerprint density at radius 2 is 0.868 bits per heavy atom. The molecule has 0 bridgehead atoms. The number of aliphatic hydroxyl groups is 8. The zero-order valence-electron chi connectivity index (χ0n) is 19.2. The van der Waals surface area contributed by atoms with Crippen molar-refractivity contribution in [3.05, 3.63) is 0 Å². The Balaban J connectivity index is 0.00000507. The van der Waals surface area contributed by atoms with Crippen LogP contribution in [0.3, 0.4) is 0 Å². The maximum atomic E-state index is 11.7. The van der Waals surface area contributed by atoms with Crippen LogP contribution in [0.1, 0.15) is 0 Å². The van der Waals surface area contributed by atoms with Gasteiger partial charge in [0.15, 0.2) is 18.9 Å². The molecule has 3 fully saturated rings. The SMILES string of the molecule is O=C([O-])[C@H]1O[C@H](O[C@@H]2[C@H](O)[C@@H](O)[C@@H](O[C@@H]3[C@H](O)[C@@H](O)[C@@H](O)O[C@@H]3C(=O)[O-])O[C@@H]2C(=O)[O-])[C@H](O)[C@@H](O)[C@H]1O.[Na+]. The molecule has 212 valence electrons. The monoisotopic (exact) mass is 566 g/mol. The van der Waals surface area contributed by atoms with Crippen LogP contribution in [0.2, 0.25) is 0 Å². The number of carbonyl (C=O) groups excluding carboxylic acids is 3. The van der Waals surface area contributed by atoms with E-state index in [1.165, 1.54) is 0 Å². The maximum Gasteiger partial charge on any atom is 1.00 e. The summed E-state index contributed by atoms with van der Waals surface area (Å²) < 4.78 is 24.4. The number of carboxylic acids is 3. The zero-order valence-corrected chi connectivity index (χ0v) is 21.2. The summed E-state index contributed by atoms with van der Waals surface area (Å²) in [6, 6.07) is 0. The summed E-state index contributed by atoms with van der Waals surface area (Å²) in [6.45, 7) is 0. The van der Waals surface area contributed by atoms with E-state index in [9.17, 15) is 70.6 Å². The Morgan fingerprint density at radius 1 is 0.500 bits per heavy atom. The van der Waals surface area contributed by atoms with Gasteiger partial charge in [0, 0.05) is 0 Å². The van der Waals surface area contributed by atoms with Crippen LogP contribution in [0, 0.1) is 0 Å². The molecule has 0 aromatic rings. The number of ether oxygens (including phenoxy) is 5. The van der Waals surface area contributed by atoms with Gasteiger partial charge in [0.2, 0.25) is 0 Å². The van der Waals surface area contributed by atoms with E-state index in [1.54, 1.807) is 0 Å². The van der Waals surface area contributed by atoms with Crippen molar-refractivity contribution in [2.75, 3.05) is 0 Å². The van der Waals surface area contributed by atoms with E-state index in [-0.39, 0.29) is 29.6 Å². The fourth-order valence-electron chi connectivity index (χ4n) is 3.95. The molecule has 0 aromatic carbocycles. The molecule has 38 heavy (non-hydrogen) atoms. The number of hydrogen-bond acceptors (Lipinski definition) is 19. The summed E-state index contributed by atoms with van der Waals surface area (Å²) in [5.74, 6) is -6.27. The molecule has 0 amide bonds. The average Bonchev–Trinajstić information content (AvgIpc) is 2.82. The zero-order chi connectivity index (χ0) is 27.9. The van der Waals surface area contributed by atoms with E-state index in [1.807, 2.05) is 0 Å². The van der Waals surface area contributed by atoms with Crippen LogP contribution >= 0.6 is 0 Å². The maximum absolute atomic E-state index is 11.7. The van der Waals surface area contributed by atoms with Gasteiger partial charge in [-0.2, -0.15) is 0 Å². The predicted octanol–water partition coefficient (Wildman–Crippen LogP) is -14.3. The third-order valence-corrected chi connectivity index (χ3v) is 5.96. The Labute approximate surface area is 233 Å². The van der Waals surface area contributed by atoms with Gasteiger partial charge in [-0.1, -0.05) is 0 Å². The van der Waals surface area contributed by atoms with Crippen LogP contribution in [0.4, 0.5) is 0 Å². The van der Waals surface area contributed by atoms with Crippen molar-refractivity contribution in [2.24, 2.45) is 0 Å². The first-order valence-corrected chi connectivity index (χ1v) is 10.5. The third kappa shape index (κ3) is 6.44. The number of hydrogen-bond donors (Lipinski definition) is 8. The van der Waals surface area contributed by atoms with Gasteiger partial charge in [-0.05, 0) is 0 Å². The quantitative estimate of drug-likeness (QED) is 0.133. The van der Waals surface area contributed by atoms with Gasteiger partial charge in [0.25, 0.3) is 0 Å². The third-order valence-electron chi connectivity index (χ3n) is 5.96. The molecule has 15 atom stereocenters. The molecule has 3 aliphatic heterocycles. The van der Waals surface area contributed by atoms with Gasteiger partial charge in [0.1, 0.15) is 73.2 Å². The van der Waals surface area contributed by atoms with Crippen molar-refractivity contribution in [3.63, 3.8) is 0 Å². The number of aliphatic carboxylic acids is 3. The Morgan fingerprint density at radius 3 is 1.32 bits per heavy atom. The minimum Gasteiger partial charge on any atom is -0.547 e. The van der Waals surface area contributed by atoms with Crippen molar-refractivity contribution >= 4 is 17.9 Å². The van der Waals surface area contributed by atoms with Gasteiger partial charge < -0.3 is 94.2 Å². The van der Waals surface area contributed by atoms with Crippen molar-refractivity contribution in [2.45, 2.75) is 92.1 Å². The molecule has 3 rings (SSSR count). The summed E-state index contributed by atoms with van der Waals surface area (Å²) in [5, 5.41) is 114. The first-order valence-electron chi connectivity index (χ1n) is 10.5. The molecule has 3 aliphatic rings. The van der Waals surface area contributed by atoms with Gasteiger partial charge in [0.05, 0.1) is 17.9 Å². The summed E-state index contributed by atoms with van der Waals surface area (Å²) in [6.07, 6.45) is -33.7. The van der Waals surface area contributed by atoms with Gasteiger partial charge in [-0.3, -0.25) is 0 Å². The second-order valence-corrected chi connectivity index (χ2v) is 8.39. The minimum absolute atomic E-state index is 0. The molecule has 20 heteroatoms. The number of carbonyl (C=O) groups is 3. The first kappa shape index (κ1) is 33.1. The van der Waals surface area contributed by atoms with Crippen molar-refractivity contribution < 1.29 is 124 Å². The number of carboxylic acid groups (broad SMARTS) is 3. The van der Waals surface area contributed by atoms with E-state index >= 15 is 0 Å². The van der Waals surface area contributed by atoms with Crippen molar-refractivity contribution in [1.29, 1.82) is 0 Å². The molecule has 19 nitrogen and oxygen atoms in total. The van der Waals surface area contributed by atoms with Crippen LogP contribution < -0.4 is 44.9 Å². The molecule has 3 saturated heterocycles. The second-order valence-electron chi connectivity index (χ2n) is 8.39.